The molecule has 1 aliphatic rings. The summed E-state index contributed by atoms with van der Waals surface area (Å²) in [7, 11) is 0. The summed E-state index contributed by atoms with van der Waals surface area (Å²) in [5, 5.41) is 15.7. The van der Waals surface area contributed by atoms with Gasteiger partial charge in [0, 0.05) is 12.4 Å². The highest BCUT2D eigenvalue weighted by molar-refractivity contribution is 5.77. The molecule has 0 aliphatic heterocycles. The van der Waals surface area contributed by atoms with E-state index in [1.54, 1.807) is 23.1 Å². The van der Waals surface area contributed by atoms with E-state index in [2.05, 4.69) is 10.4 Å². The summed E-state index contributed by atoms with van der Waals surface area (Å²) in [6.07, 6.45) is 5.10. The molecule has 1 heterocycles. The van der Waals surface area contributed by atoms with E-state index in [4.69, 9.17) is 5.11 Å². The van der Waals surface area contributed by atoms with Gasteiger partial charge in [-0.2, -0.15) is 5.10 Å². The van der Waals surface area contributed by atoms with Gasteiger partial charge >= 0.3 is 0 Å². The minimum atomic E-state index is -0.329. The van der Waals surface area contributed by atoms with Crippen LogP contribution in [-0.2, 0) is 11.3 Å². The number of hydrogen-bond donors (Lipinski definition) is 2. The van der Waals surface area contributed by atoms with Crippen molar-refractivity contribution in [1.82, 2.24) is 15.1 Å². The maximum Gasteiger partial charge on any atom is 0.242 e. The van der Waals surface area contributed by atoms with Crippen LogP contribution in [-0.4, -0.2) is 32.9 Å². The van der Waals surface area contributed by atoms with Crippen LogP contribution in [0.5, 0.6) is 0 Å². The summed E-state index contributed by atoms with van der Waals surface area (Å²) in [6, 6.07) is 1.77. The normalized spacial score (nSPS) is 17.8. The SMILES string of the molecule is O=C(Cn1cccn1)NC1(CO)CC1. The molecule has 1 amide bonds. The van der Waals surface area contributed by atoms with Crippen LogP contribution in [0.4, 0.5) is 0 Å². The Kier molecular flexibility index (Phi) is 2.25. The Balaban J connectivity index is 1.85. The molecule has 1 aliphatic carbocycles. The summed E-state index contributed by atoms with van der Waals surface area (Å²) < 4.78 is 1.56. The first-order valence-corrected chi connectivity index (χ1v) is 4.63. The van der Waals surface area contributed by atoms with Gasteiger partial charge < -0.3 is 10.4 Å². The van der Waals surface area contributed by atoms with E-state index in [9.17, 15) is 4.79 Å². The molecular formula is C9H13N3O2. The lowest BCUT2D eigenvalue weighted by atomic mass is 10.3. The van der Waals surface area contributed by atoms with E-state index < -0.39 is 0 Å². The molecule has 5 nitrogen and oxygen atoms in total. The monoisotopic (exact) mass is 195 g/mol. The number of aliphatic hydroxyl groups excluding tert-OH is 1. The second-order valence-corrected chi connectivity index (χ2v) is 3.69. The Morgan fingerprint density at radius 1 is 1.64 bits per heavy atom. The summed E-state index contributed by atoms with van der Waals surface area (Å²) in [5.41, 5.74) is -0.329. The lowest BCUT2D eigenvalue weighted by Crippen LogP contribution is -2.41. The van der Waals surface area contributed by atoms with Gasteiger partial charge in [0.05, 0.1) is 12.1 Å². The number of carbonyl (C=O) groups excluding carboxylic acids is 1. The Hall–Kier alpha value is -1.36. The van der Waals surface area contributed by atoms with Crippen molar-refractivity contribution < 1.29 is 9.90 Å². The van der Waals surface area contributed by atoms with E-state index in [-0.39, 0.29) is 24.6 Å². The van der Waals surface area contributed by atoms with E-state index >= 15 is 0 Å². The van der Waals surface area contributed by atoms with Crippen molar-refractivity contribution in [3.05, 3.63) is 18.5 Å². The third-order valence-corrected chi connectivity index (χ3v) is 2.43. The van der Waals surface area contributed by atoms with E-state index in [1.165, 1.54) is 0 Å². The van der Waals surface area contributed by atoms with Crippen molar-refractivity contribution in [2.75, 3.05) is 6.61 Å². The zero-order chi connectivity index (χ0) is 10.0. The van der Waals surface area contributed by atoms with Crippen LogP contribution in [0.15, 0.2) is 18.5 Å². The summed E-state index contributed by atoms with van der Waals surface area (Å²) in [6.45, 7) is 0.243. The zero-order valence-electron chi connectivity index (χ0n) is 7.81. The summed E-state index contributed by atoms with van der Waals surface area (Å²) >= 11 is 0. The van der Waals surface area contributed by atoms with Gasteiger partial charge in [0.15, 0.2) is 0 Å². The molecule has 0 saturated heterocycles. The minimum absolute atomic E-state index is 0.0256. The molecular weight excluding hydrogens is 182 g/mol. The predicted octanol–water partition coefficient (Wildman–Crippen LogP) is -0.476. The molecule has 5 heteroatoms. The second-order valence-electron chi connectivity index (χ2n) is 3.69. The van der Waals surface area contributed by atoms with E-state index in [0.717, 1.165) is 12.8 Å². The predicted molar refractivity (Wildman–Crippen MR) is 49.4 cm³/mol. The lowest BCUT2D eigenvalue weighted by molar-refractivity contribution is -0.123. The topological polar surface area (TPSA) is 67.2 Å². The van der Waals surface area contributed by atoms with Crippen LogP contribution >= 0.6 is 0 Å². The smallest absolute Gasteiger partial charge is 0.242 e. The van der Waals surface area contributed by atoms with Gasteiger partial charge in [-0.1, -0.05) is 0 Å². The highest BCUT2D eigenvalue weighted by Crippen LogP contribution is 2.34. The van der Waals surface area contributed by atoms with Gasteiger partial charge in [-0.25, -0.2) is 0 Å². The molecule has 1 aromatic heterocycles. The van der Waals surface area contributed by atoms with Crippen molar-refractivity contribution in [2.24, 2.45) is 0 Å². The van der Waals surface area contributed by atoms with Crippen molar-refractivity contribution in [3.8, 4) is 0 Å². The third kappa shape index (κ3) is 1.93. The highest BCUT2D eigenvalue weighted by Gasteiger charge is 2.43. The number of carbonyl (C=O) groups is 1. The Morgan fingerprint density at radius 3 is 2.93 bits per heavy atom. The molecule has 0 radical (unpaired) electrons. The van der Waals surface area contributed by atoms with Gasteiger partial charge in [-0.15, -0.1) is 0 Å². The van der Waals surface area contributed by atoms with Gasteiger partial charge in [-0.05, 0) is 18.9 Å². The summed E-state index contributed by atoms with van der Waals surface area (Å²) in [5.74, 6) is -0.0970. The first kappa shape index (κ1) is 9.21. The number of amides is 1. The van der Waals surface area contributed by atoms with E-state index in [1.807, 2.05) is 0 Å². The van der Waals surface area contributed by atoms with Crippen LogP contribution in [0.25, 0.3) is 0 Å². The number of aromatic nitrogens is 2. The van der Waals surface area contributed by atoms with Crippen LogP contribution < -0.4 is 5.32 Å². The molecule has 1 saturated carbocycles. The Labute approximate surface area is 81.7 Å². The third-order valence-electron chi connectivity index (χ3n) is 2.43. The molecule has 76 valence electrons. The van der Waals surface area contributed by atoms with Crippen molar-refractivity contribution >= 4 is 5.91 Å². The van der Waals surface area contributed by atoms with Crippen LogP contribution in [0.1, 0.15) is 12.8 Å². The van der Waals surface area contributed by atoms with Gasteiger partial charge in [0.2, 0.25) is 5.91 Å². The molecule has 0 atom stereocenters. The average molecular weight is 195 g/mol. The largest absolute Gasteiger partial charge is 0.394 e. The molecule has 0 bridgehead atoms. The first-order valence-electron chi connectivity index (χ1n) is 4.63. The number of aliphatic hydroxyl groups is 1. The molecule has 1 aromatic rings. The van der Waals surface area contributed by atoms with Gasteiger partial charge in [-0.3, -0.25) is 9.48 Å². The molecule has 1 fully saturated rings. The standard InChI is InChI=1S/C9H13N3O2/c13-7-9(2-3-9)11-8(14)6-12-5-1-4-10-12/h1,4-5,13H,2-3,6-7H2,(H,11,14). The van der Waals surface area contributed by atoms with Gasteiger partial charge in [0.25, 0.3) is 0 Å². The zero-order valence-corrected chi connectivity index (χ0v) is 7.81. The lowest BCUT2D eigenvalue weighted by Gasteiger charge is -2.13. The fourth-order valence-electron chi connectivity index (χ4n) is 1.35. The fraction of sp³-hybridized carbons (Fsp3) is 0.556. The number of hydrogen-bond acceptors (Lipinski definition) is 3. The number of nitrogens with zero attached hydrogens (tertiary/aromatic N) is 2. The molecule has 14 heavy (non-hydrogen) atoms. The number of nitrogens with one attached hydrogen (secondary N) is 1. The van der Waals surface area contributed by atoms with Crippen molar-refractivity contribution in [3.63, 3.8) is 0 Å². The maximum atomic E-state index is 11.4. The fourth-order valence-corrected chi connectivity index (χ4v) is 1.35. The van der Waals surface area contributed by atoms with Crippen molar-refractivity contribution in [2.45, 2.75) is 24.9 Å². The average Bonchev–Trinajstić information content (AvgIpc) is 2.74. The highest BCUT2D eigenvalue weighted by atomic mass is 16.3. The second kappa shape index (κ2) is 3.42. The minimum Gasteiger partial charge on any atom is -0.394 e. The van der Waals surface area contributed by atoms with Crippen molar-refractivity contribution in [1.29, 1.82) is 0 Å². The maximum absolute atomic E-state index is 11.4. The molecule has 0 aromatic carbocycles. The van der Waals surface area contributed by atoms with E-state index in [0.29, 0.717) is 0 Å². The molecule has 0 spiro atoms. The molecule has 2 N–H and O–H groups in total. The first-order chi connectivity index (χ1) is 6.74. The molecule has 0 unspecified atom stereocenters. The number of rotatable bonds is 4. The molecule has 2 rings (SSSR count). The van der Waals surface area contributed by atoms with Crippen LogP contribution in [0.3, 0.4) is 0 Å². The quantitative estimate of drug-likeness (QED) is 0.682. The van der Waals surface area contributed by atoms with Crippen LogP contribution in [0, 0.1) is 0 Å². The Morgan fingerprint density at radius 2 is 2.43 bits per heavy atom. The van der Waals surface area contributed by atoms with Crippen LogP contribution in [0.2, 0.25) is 0 Å². The summed E-state index contributed by atoms with van der Waals surface area (Å²) in [4.78, 5) is 11.4. The Bertz CT molecular complexity index is 317. The van der Waals surface area contributed by atoms with Gasteiger partial charge in [0.1, 0.15) is 6.54 Å².